The van der Waals surface area contributed by atoms with Gasteiger partial charge in [-0.25, -0.2) is 9.78 Å². The second-order valence-corrected chi connectivity index (χ2v) is 13.5. The third kappa shape index (κ3) is 10.9. The molecule has 256 valence electrons. The number of hydrogen-bond donors (Lipinski definition) is 4. The van der Waals surface area contributed by atoms with Crippen LogP contribution in [0.4, 0.5) is 0 Å². The van der Waals surface area contributed by atoms with Crippen molar-refractivity contribution in [2.45, 2.75) is 97.5 Å². The number of nitrogens with zero attached hydrogens (tertiary/aromatic N) is 2. The lowest BCUT2D eigenvalue weighted by atomic mass is 9.92. The van der Waals surface area contributed by atoms with Gasteiger partial charge in [0.05, 0.1) is 6.04 Å². The van der Waals surface area contributed by atoms with E-state index in [4.69, 9.17) is 4.74 Å². The summed E-state index contributed by atoms with van der Waals surface area (Å²) >= 11 is 1.25. The van der Waals surface area contributed by atoms with Gasteiger partial charge in [0.2, 0.25) is 11.8 Å². The predicted octanol–water partition coefficient (Wildman–Crippen LogP) is 4.29. The van der Waals surface area contributed by atoms with Crippen molar-refractivity contribution in [1.29, 1.82) is 0 Å². The SMILES string of the molecule is CCC(C)[C@H](NC(=O)[C@@H](NC)C(C)C)C(=O)N(C)[C@H](CC(OC)c1nc(C(=O)N[C@@H](CCc2ccccc2)C(=O)O)cs1)C(C)C. The van der Waals surface area contributed by atoms with Crippen LogP contribution in [0, 0.1) is 17.8 Å². The highest BCUT2D eigenvalue weighted by Gasteiger charge is 2.36. The van der Waals surface area contributed by atoms with Crippen molar-refractivity contribution in [2.24, 2.45) is 17.8 Å². The molecule has 6 atom stereocenters. The van der Waals surface area contributed by atoms with Crippen molar-refractivity contribution in [1.82, 2.24) is 25.8 Å². The van der Waals surface area contributed by atoms with Crippen LogP contribution >= 0.6 is 11.3 Å². The number of benzene rings is 1. The van der Waals surface area contributed by atoms with Crippen molar-refractivity contribution in [3.8, 4) is 0 Å². The van der Waals surface area contributed by atoms with Crippen molar-refractivity contribution in [3.63, 3.8) is 0 Å². The number of aryl methyl sites for hydroxylation is 1. The highest BCUT2D eigenvalue weighted by molar-refractivity contribution is 7.09. The lowest BCUT2D eigenvalue weighted by molar-refractivity contribution is -0.140. The molecule has 4 N–H and O–H groups in total. The zero-order valence-corrected chi connectivity index (χ0v) is 29.5. The molecule has 0 spiro atoms. The average Bonchev–Trinajstić information content (AvgIpc) is 3.52. The van der Waals surface area contributed by atoms with E-state index < -0.39 is 36.1 Å². The Labute approximate surface area is 277 Å². The molecule has 1 aromatic carbocycles. The number of aromatic nitrogens is 1. The largest absolute Gasteiger partial charge is 0.480 e. The maximum atomic E-state index is 13.9. The van der Waals surface area contributed by atoms with Crippen LogP contribution in [0.1, 0.15) is 88.0 Å². The number of carboxylic acids is 1. The first kappa shape index (κ1) is 38.8. The average molecular weight is 660 g/mol. The van der Waals surface area contributed by atoms with E-state index in [1.54, 1.807) is 31.5 Å². The van der Waals surface area contributed by atoms with Gasteiger partial charge in [0.15, 0.2) is 0 Å². The fourth-order valence-corrected chi connectivity index (χ4v) is 6.34. The zero-order chi connectivity index (χ0) is 34.6. The van der Waals surface area contributed by atoms with Crippen molar-refractivity contribution in [3.05, 3.63) is 52.0 Å². The predicted molar refractivity (Wildman–Crippen MR) is 181 cm³/mol. The smallest absolute Gasteiger partial charge is 0.326 e. The van der Waals surface area contributed by atoms with Crippen LogP contribution in [0.5, 0.6) is 0 Å². The molecule has 2 aromatic rings. The molecule has 11 nitrogen and oxygen atoms in total. The standard InChI is InChI=1S/C34H53N5O6S/c1-10-22(6)29(38-31(41)28(35-7)21(4)5)33(42)39(8)26(20(2)3)18-27(45-9)32-37-25(19-46-32)30(40)36-24(34(43)44)17-16-23-14-12-11-13-15-23/h11-15,19-22,24,26-29,35H,10,16-18H2,1-9H3,(H,36,40)(H,38,41)(H,43,44)/t22?,24-,26+,27?,28-,29-/m0/s1. The second-order valence-electron chi connectivity index (χ2n) is 12.6. The number of aliphatic carboxylic acids is 1. The molecule has 0 aliphatic heterocycles. The molecule has 0 radical (unpaired) electrons. The molecule has 46 heavy (non-hydrogen) atoms. The van der Waals surface area contributed by atoms with Crippen LogP contribution < -0.4 is 16.0 Å². The molecule has 2 rings (SSSR count). The molecule has 1 heterocycles. The van der Waals surface area contributed by atoms with Gasteiger partial charge in [-0.2, -0.15) is 0 Å². The number of methoxy groups -OCH3 is 1. The molecular weight excluding hydrogens is 606 g/mol. The number of carbonyl (C=O) groups excluding carboxylic acids is 3. The van der Waals surface area contributed by atoms with Gasteiger partial charge in [-0.3, -0.25) is 14.4 Å². The summed E-state index contributed by atoms with van der Waals surface area (Å²) in [6.07, 6.45) is 1.34. The van der Waals surface area contributed by atoms with Crippen molar-refractivity contribution in [2.75, 3.05) is 21.2 Å². The van der Waals surface area contributed by atoms with E-state index in [2.05, 4.69) is 20.9 Å². The van der Waals surface area contributed by atoms with Crippen LogP contribution in [0.15, 0.2) is 35.7 Å². The second kappa shape index (κ2) is 18.7. The van der Waals surface area contributed by atoms with Gasteiger partial charge in [-0.1, -0.05) is 78.3 Å². The lowest BCUT2D eigenvalue weighted by Crippen LogP contribution is -2.57. The molecule has 12 heteroatoms. The van der Waals surface area contributed by atoms with Crippen LogP contribution in [0.3, 0.4) is 0 Å². The summed E-state index contributed by atoms with van der Waals surface area (Å²) in [6.45, 7) is 11.9. The molecule has 1 aromatic heterocycles. The van der Waals surface area contributed by atoms with Gasteiger partial charge in [-0.05, 0) is 43.2 Å². The Morgan fingerprint density at radius 2 is 1.65 bits per heavy atom. The number of amides is 3. The Morgan fingerprint density at radius 1 is 1.00 bits per heavy atom. The monoisotopic (exact) mass is 659 g/mol. The maximum Gasteiger partial charge on any atom is 0.326 e. The van der Waals surface area contributed by atoms with Gasteiger partial charge >= 0.3 is 5.97 Å². The Bertz CT molecular complexity index is 1270. The summed E-state index contributed by atoms with van der Waals surface area (Å²) in [5.74, 6) is -2.06. The molecular formula is C34H53N5O6S. The summed E-state index contributed by atoms with van der Waals surface area (Å²) in [7, 11) is 5.04. The summed E-state index contributed by atoms with van der Waals surface area (Å²) in [6, 6.07) is 7.06. The fourth-order valence-electron chi connectivity index (χ4n) is 5.46. The number of thiazole rings is 1. The highest BCUT2D eigenvalue weighted by Crippen LogP contribution is 2.30. The first-order chi connectivity index (χ1) is 21.7. The number of carbonyl (C=O) groups is 4. The lowest BCUT2D eigenvalue weighted by Gasteiger charge is -2.37. The van der Waals surface area contributed by atoms with Gasteiger partial charge in [0, 0.05) is 32.0 Å². The third-order valence-electron chi connectivity index (χ3n) is 8.59. The van der Waals surface area contributed by atoms with E-state index in [0.717, 1.165) is 5.56 Å². The van der Waals surface area contributed by atoms with E-state index in [1.807, 2.05) is 71.9 Å². The Kier molecular flexibility index (Phi) is 15.8. The number of likely N-dealkylation sites (N-methyl/N-ethyl adjacent to an activating group) is 2. The van der Waals surface area contributed by atoms with E-state index in [0.29, 0.717) is 24.3 Å². The van der Waals surface area contributed by atoms with Crippen LogP contribution in [-0.4, -0.2) is 84.1 Å². The fraction of sp³-hybridized carbons (Fsp3) is 0.618. The zero-order valence-electron chi connectivity index (χ0n) is 28.7. The number of hydrogen-bond acceptors (Lipinski definition) is 8. The molecule has 3 amide bonds. The van der Waals surface area contributed by atoms with Gasteiger partial charge in [0.1, 0.15) is 28.9 Å². The minimum absolute atomic E-state index is 0.0456. The Balaban J connectivity index is 2.18. The summed E-state index contributed by atoms with van der Waals surface area (Å²) < 4.78 is 5.82. The highest BCUT2D eigenvalue weighted by atomic mass is 32.1. The van der Waals surface area contributed by atoms with E-state index in [-0.39, 0.29) is 47.7 Å². The quantitative estimate of drug-likeness (QED) is 0.175. The molecule has 0 fully saturated rings. The van der Waals surface area contributed by atoms with Crippen LogP contribution in [-0.2, 0) is 25.5 Å². The van der Waals surface area contributed by atoms with Gasteiger partial charge < -0.3 is 30.7 Å². The van der Waals surface area contributed by atoms with Crippen LogP contribution in [0.2, 0.25) is 0 Å². The molecule has 0 aliphatic rings. The van der Waals surface area contributed by atoms with E-state index >= 15 is 0 Å². The molecule has 0 saturated heterocycles. The molecule has 0 saturated carbocycles. The number of carboxylic acid groups (broad SMARTS) is 1. The minimum Gasteiger partial charge on any atom is -0.480 e. The first-order valence-electron chi connectivity index (χ1n) is 16.1. The number of ether oxygens (including phenoxy) is 1. The Hall–Kier alpha value is -3.35. The molecule has 0 aliphatic carbocycles. The van der Waals surface area contributed by atoms with Crippen LogP contribution in [0.25, 0.3) is 0 Å². The van der Waals surface area contributed by atoms with Gasteiger partial charge in [-0.15, -0.1) is 11.3 Å². The normalized spacial score (nSPS) is 15.5. The van der Waals surface area contributed by atoms with Gasteiger partial charge in [0.25, 0.3) is 5.91 Å². The minimum atomic E-state index is -1.11. The topological polar surface area (TPSA) is 150 Å². The third-order valence-corrected chi connectivity index (χ3v) is 9.53. The summed E-state index contributed by atoms with van der Waals surface area (Å²) in [5.41, 5.74) is 1.10. The first-order valence-corrected chi connectivity index (χ1v) is 16.9. The van der Waals surface area contributed by atoms with Crippen molar-refractivity contribution >= 4 is 35.0 Å². The van der Waals surface area contributed by atoms with E-state index in [9.17, 15) is 24.3 Å². The number of nitrogens with one attached hydrogen (secondary N) is 3. The Morgan fingerprint density at radius 3 is 2.17 bits per heavy atom. The summed E-state index contributed by atoms with van der Waals surface area (Å²) in [4.78, 5) is 58.2. The van der Waals surface area contributed by atoms with E-state index in [1.165, 1.54) is 11.3 Å². The molecule has 0 bridgehead atoms. The molecule has 2 unspecified atom stereocenters. The number of rotatable bonds is 19. The van der Waals surface area contributed by atoms with Crippen molar-refractivity contribution < 1.29 is 29.0 Å². The summed E-state index contributed by atoms with van der Waals surface area (Å²) in [5, 5.41) is 20.5. The maximum absolute atomic E-state index is 13.9.